The van der Waals surface area contributed by atoms with Crippen LogP contribution in [0.4, 0.5) is 0 Å². The van der Waals surface area contributed by atoms with Crippen LogP contribution in [0, 0.1) is 0 Å². The Labute approximate surface area is 115 Å². The van der Waals surface area contributed by atoms with Crippen LogP contribution in [0.2, 0.25) is 0 Å². The number of aromatic nitrogens is 3. The minimum absolute atomic E-state index is 0.444. The summed E-state index contributed by atoms with van der Waals surface area (Å²) < 4.78 is 2.93. The summed E-state index contributed by atoms with van der Waals surface area (Å²) in [5.41, 5.74) is 7.06. The molecule has 2 aromatic rings. The number of halogens is 1. The lowest BCUT2D eigenvalue weighted by atomic mass is 9.89. The molecular formula is C13H17BrN4. The highest BCUT2D eigenvalue weighted by Gasteiger charge is 2.24. The van der Waals surface area contributed by atoms with Crippen molar-refractivity contribution >= 4 is 15.9 Å². The van der Waals surface area contributed by atoms with Crippen molar-refractivity contribution < 1.29 is 0 Å². The second kappa shape index (κ2) is 5.20. The molecule has 0 aliphatic rings. The van der Waals surface area contributed by atoms with Crippen LogP contribution >= 0.6 is 15.9 Å². The summed E-state index contributed by atoms with van der Waals surface area (Å²) in [6, 6.07) is 8.09. The maximum Gasteiger partial charge on any atom is 0.138 e. The minimum Gasteiger partial charge on any atom is -0.321 e. The molecule has 0 fully saturated rings. The lowest BCUT2D eigenvalue weighted by molar-refractivity contribution is 0.457. The van der Waals surface area contributed by atoms with Gasteiger partial charge in [0.25, 0.3) is 0 Å². The molecular weight excluding hydrogens is 292 g/mol. The van der Waals surface area contributed by atoms with E-state index in [9.17, 15) is 0 Å². The molecule has 1 atom stereocenters. The molecule has 0 bridgehead atoms. The summed E-state index contributed by atoms with van der Waals surface area (Å²) in [4.78, 5) is 4.28. The Morgan fingerprint density at radius 1 is 1.33 bits per heavy atom. The maximum absolute atomic E-state index is 6.41. The third-order valence-electron chi connectivity index (χ3n) is 3.02. The third-order valence-corrected chi connectivity index (χ3v) is 3.55. The Kier molecular flexibility index (Phi) is 3.82. The molecule has 0 amide bonds. The molecule has 1 aromatic heterocycles. The molecule has 2 rings (SSSR count). The van der Waals surface area contributed by atoms with Crippen LogP contribution in [0.5, 0.6) is 0 Å². The highest BCUT2D eigenvalue weighted by atomic mass is 79.9. The van der Waals surface area contributed by atoms with E-state index in [0.29, 0.717) is 6.42 Å². The van der Waals surface area contributed by atoms with E-state index in [2.05, 4.69) is 26.0 Å². The molecule has 18 heavy (non-hydrogen) atoms. The van der Waals surface area contributed by atoms with Gasteiger partial charge in [-0.25, -0.2) is 4.98 Å². The second-order valence-electron chi connectivity index (χ2n) is 4.59. The lowest BCUT2D eigenvalue weighted by Gasteiger charge is -2.25. The van der Waals surface area contributed by atoms with Crippen molar-refractivity contribution in [1.29, 1.82) is 0 Å². The van der Waals surface area contributed by atoms with Gasteiger partial charge in [-0.1, -0.05) is 28.1 Å². The fourth-order valence-electron chi connectivity index (χ4n) is 1.95. The van der Waals surface area contributed by atoms with Crippen molar-refractivity contribution in [2.75, 3.05) is 0 Å². The molecule has 0 saturated heterocycles. The maximum atomic E-state index is 6.41. The van der Waals surface area contributed by atoms with Gasteiger partial charge in [0.05, 0.1) is 0 Å². The minimum atomic E-state index is -0.444. The van der Waals surface area contributed by atoms with Gasteiger partial charge in [-0.05, 0) is 31.5 Å². The first-order valence-electron chi connectivity index (χ1n) is 5.94. The number of nitrogens with zero attached hydrogens (tertiary/aromatic N) is 3. The number of rotatable bonds is 4. The van der Waals surface area contributed by atoms with Crippen LogP contribution in [0.1, 0.15) is 25.2 Å². The monoisotopic (exact) mass is 308 g/mol. The zero-order valence-electron chi connectivity index (χ0n) is 10.6. The number of hydrogen-bond donors (Lipinski definition) is 1. The highest BCUT2D eigenvalue weighted by molar-refractivity contribution is 9.10. The van der Waals surface area contributed by atoms with Crippen LogP contribution in [0.3, 0.4) is 0 Å². The third kappa shape index (κ3) is 2.79. The summed E-state index contributed by atoms with van der Waals surface area (Å²) in [6.45, 7) is 4.88. The largest absolute Gasteiger partial charge is 0.321 e. The average Bonchev–Trinajstić information content (AvgIpc) is 2.76. The summed E-state index contributed by atoms with van der Waals surface area (Å²) in [7, 11) is 0. The van der Waals surface area contributed by atoms with E-state index in [4.69, 9.17) is 5.73 Å². The Hall–Kier alpha value is -1.20. The lowest BCUT2D eigenvalue weighted by Crippen LogP contribution is -2.36. The first-order chi connectivity index (χ1) is 8.53. The molecule has 96 valence electrons. The molecule has 0 radical (unpaired) electrons. The van der Waals surface area contributed by atoms with Gasteiger partial charge in [0, 0.05) is 23.0 Å². The van der Waals surface area contributed by atoms with Crippen LogP contribution in [-0.4, -0.2) is 14.8 Å². The molecule has 0 spiro atoms. The fourth-order valence-corrected chi connectivity index (χ4v) is 2.21. The van der Waals surface area contributed by atoms with Gasteiger partial charge >= 0.3 is 0 Å². The Bertz CT molecular complexity index is 516. The fraction of sp³-hybridized carbons (Fsp3) is 0.385. The quantitative estimate of drug-likeness (QED) is 0.944. The van der Waals surface area contributed by atoms with Gasteiger partial charge in [0.15, 0.2) is 0 Å². The zero-order valence-corrected chi connectivity index (χ0v) is 12.2. The average molecular weight is 309 g/mol. The summed E-state index contributed by atoms with van der Waals surface area (Å²) in [5.74, 6) is 0.922. The molecule has 1 heterocycles. The van der Waals surface area contributed by atoms with Crippen LogP contribution in [0.25, 0.3) is 0 Å². The van der Waals surface area contributed by atoms with Crippen molar-refractivity contribution in [3.8, 4) is 0 Å². The van der Waals surface area contributed by atoms with E-state index in [1.54, 1.807) is 6.33 Å². The van der Waals surface area contributed by atoms with Crippen LogP contribution in [-0.2, 0) is 18.5 Å². The molecule has 0 saturated carbocycles. The number of benzene rings is 1. The zero-order chi connectivity index (χ0) is 13.2. The predicted octanol–water partition coefficient (Wildman–Crippen LogP) is 2.48. The molecule has 1 aromatic carbocycles. The summed E-state index contributed by atoms with van der Waals surface area (Å²) >= 11 is 3.43. The van der Waals surface area contributed by atoms with Crippen molar-refractivity contribution in [1.82, 2.24) is 14.8 Å². The van der Waals surface area contributed by atoms with Gasteiger partial charge in [-0.15, -0.1) is 0 Å². The Morgan fingerprint density at radius 3 is 2.61 bits per heavy atom. The van der Waals surface area contributed by atoms with Gasteiger partial charge in [0.2, 0.25) is 0 Å². The molecule has 5 heteroatoms. The molecule has 2 N–H and O–H groups in total. The van der Waals surface area contributed by atoms with Crippen LogP contribution in [0.15, 0.2) is 35.1 Å². The number of nitrogens with two attached hydrogens (primary N) is 1. The smallest absolute Gasteiger partial charge is 0.138 e. The van der Waals surface area contributed by atoms with E-state index < -0.39 is 5.54 Å². The van der Waals surface area contributed by atoms with Gasteiger partial charge in [-0.2, -0.15) is 5.10 Å². The van der Waals surface area contributed by atoms with E-state index >= 15 is 0 Å². The molecule has 4 nitrogen and oxygen atoms in total. The van der Waals surface area contributed by atoms with Crippen molar-refractivity contribution in [3.05, 3.63) is 46.5 Å². The second-order valence-corrected chi connectivity index (χ2v) is 5.51. The van der Waals surface area contributed by atoms with Crippen molar-refractivity contribution in [2.45, 2.75) is 32.4 Å². The number of aryl methyl sites for hydroxylation is 1. The molecule has 1 unspecified atom stereocenters. The summed E-state index contributed by atoms with van der Waals surface area (Å²) in [6.07, 6.45) is 2.25. The van der Waals surface area contributed by atoms with Gasteiger partial charge in [-0.3, -0.25) is 4.68 Å². The van der Waals surface area contributed by atoms with Crippen LogP contribution < -0.4 is 5.73 Å². The molecule has 0 aliphatic heterocycles. The van der Waals surface area contributed by atoms with Crippen molar-refractivity contribution in [2.24, 2.45) is 5.73 Å². The summed E-state index contributed by atoms with van der Waals surface area (Å²) in [5, 5.41) is 4.17. The predicted molar refractivity (Wildman–Crippen MR) is 75.1 cm³/mol. The van der Waals surface area contributed by atoms with E-state index in [1.807, 2.05) is 42.8 Å². The highest BCUT2D eigenvalue weighted by Crippen LogP contribution is 2.23. The first-order valence-corrected chi connectivity index (χ1v) is 6.74. The van der Waals surface area contributed by atoms with E-state index in [0.717, 1.165) is 22.4 Å². The van der Waals surface area contributed by atoms with Gasteiger partial charge < -0.3 is 5.73 Å². The Morgan fingerprint density at radius 2 is 2.00 bits per heavy atom. The Balaban J connectivity index is 2.23. The van der Waals surface area contributed by atoms with E-state index in [-0.39, 0.29) is 0 Å². The van der Waals surface area contributed by atoms with Gasteiger partial charge in [0.1, 0.15) is 12.2 Å². The standard InChI is InChI=1S/C13H17BrN4/c1-3-18-12(16-9-17-18)8-13(2,15)10-4-6-11(14)7-5-10/h4-7,9H,3,8,15H2,1-2H3. The van der Waals surface area contributed by atoms with Crippen molar-refractivity contribution in [3.63, 3.8) is 0 Å². The van der Waals surface area contributed by atoms with E-state index in [1.165, 1.54) is 0 Å². The SMILES string of the molecule is CCn1ncnc1CC(C)(N)c1ccc(Br)cc1. The topological polar surface area (TPSA) is 56.7 Å². The normalized spacial score (nSPS) is 14.4. The first kappa shape index (κ1) is 13.2. The number of hydrogen-bond acceptors (Lipinski definition) is 3. The molecule has 0 aliphatic carbocycles.